The molecule has 0 saturated heterocycles. The third kappa shape index (κ3) is 4.87. The van der Waals surface area contributed by atoms with Gasteiger partial charge < -0.3 is 30.1 Å². The van der Waals surface area contributed by atoms with Gasteiger partial charge in [-0.05, 0) is 55.2 Å². The summed E-state index contributed by atoms with van der Waals surface area (Å²) in [6, 6.07) is 11.7. The van der Waals surface area contributed by atoms with Crippen LogP contribution in [0.2, 0.25) is 0 Å². The van der Waals surface area contributed by atoms with Crippen LogP contribution in [0.15, 0.2) is 40.9 Å². The summed E-state index contributed by atoms with van der Waals surface area (Å²) in [4.78, 5) is 6.74. The fraction of sp³-hybridized carbons (Fsp3) is 0.391. The van der Waals surface area contributed by atoms with E-state index in [0.717, 1.165) is 37.1 Å². The summed E-state index contributed by atoms with van der Waals surface area (Å²) in [6.45, 7) is 4.41. The summed E-state index contributed by atoms with van der Waals surface area (Å²) in [5.41, 5.74) is 10.8. The van der Waals surface area contributed by atoms with Crippen LogP contribution in [0.25, 0.3) is 22.8 Å². The summed E-state index contributed by atoms with van der Waals surface area (Å²) < 4.78 is 11.0. The van der Waals surface area contributed by atoms with Crippen molar-refractivity contribution in [3.63, 3.8) is 0 Å². The topological polar surface area (TPSA) is 118 Å². The predicted molar refractivity (Wildman–Crippen MR) is 118 cm³/mol. The van der Waals surface area contributed by atoms with Crippen molar-refractivity contribution < 1.29 is 19.5 Å². The van der Waals surface area contributed by atoms with Crippen LogP contribution in [0.1, 0.15) is 18.1 Å². The molecule has 31 heavy (non-hydrogen) atoms. The number of nitrogen functional groups attached to an aromatic ring is 1. The minimum atomic E-state index is -0.703. The fourth-order valence-corrected chi connectivity index (χ4v) is 3.88. The van der Waals surface area contributed by atoms with E-state index in [1.807, 2.05) is 19.1 Å². The monoisotopic (exact) mass is 424 g/mol. The zero-order valence-electron chi connectivity index (χ0n) is 17.6. The zero-order valence-corrected chi connectivity index (χ0v) is 17.6. The number of aliphatic hydroxyl groups excluding tert-OH is 2. The number of hydrogen-bond acceptors (Lipinski definition) is 8. The van der Waals surface area contributed by atoms with E-state index in [1.54, 1.807) is 12.1 Å². The molecule has 164 valence electrons. The Morgan fingerprint density at radius 2 is 1.90 bits per heavy atom. The number of ether oxygens (including phenoxy) is 1. The first-order valence-electron chi connectivity index (χ1n) is 10.6. The van der Waals surface area contributed by atoms with Gasteiger partial charge in [-0.1, -0.05) is 17.3 Å². The quantitative estimate of drug-likeness (QED) is 0.494. The predicted octanol–water partition coefficient (Wildman–Crippen LogP) is 2.14. The van der Waals surface area contributed by atoms with Crippen LogP contribution in [-0.4, -0.2) is 64.2 Å². The second kappa shape index (κ2) is 9.47. The molecule has 4 rings (SSSR count). The molecule has 2 aromatic carbocycles. The second-order valence-corrected chi connectivity index (χ2v) is 7.73. The fourth-order valence-electron chi connectivity index (χ4n) is 3.88. The second-order valence-electron chi connectivity index (χ2n) is 7.73. The van der Waals surface area contributed by atoms with Gasteiger partial charge in [0.1, 0.15) is 5.75 Å². The van der Waals surface area contributed by atoms with E-state index >= 15 is 0 Å². The smallest absolute Gasteiger partial charge is 0.258 e. The van der Waals surface area contributed by atoms with Crippen molar-refractivity contribution in [3.05, 3.63) is 47.5 Å². The molecule has 0 aliphatic carbocycles. The van der Waals surface area contributed by atoms with E-state index < -0.39 is 6.10 Å². The van der Waals surface area contributed by atoms with Crippen molar-refractivity contribution in [2.45, 2.75) is 25.9 Å². The number of β-amino-alcohol motifs (C(OH)–C–C–N with tert-alkyl or cyclic N) is 1. The number of aliphatic hydroxyl groups is 2. The van der Waals surface area contributed by atoms with E-state index in [-0.39, 0.29) is 6.61 Å². The van der Waals surface area contributed by atoms with Crippen LogP contribution >= 0.6 is 0 Å². The number of rotatable bonds is 7. The maximum absolute atomic E-state index is 9.73. The van der Waals surface area contributed by atoms with Crippen molar-refractivity contribution in [3.8, 4) is 28.6 Å². The Morgan fingerprint density at radius 3 is 2.65 bits per heavy atom. The largest absolute Gasteiger partial charge is 0.492 e. The lowest BCUT2D eigenvalue weighted by Gasteiger charge is -2.21. The molecule has 1 atom stereocenters. The molecular weight excluding hydrogens is 396 g/mol. The number of nitrogens with two attached hydrogens (primary N) is 1. The lowest BCUT2D eigenvalue weighted by atomic mass is 10.00. The number of benzene rings is 2. The summed E-state index contributed by atoms with van der Waals surface area (Å²) in [5, 5.41) is 23.0. The van der Waals surface area contributed by atoms with Crippen molar-refractivity contribution in [2.75, 3.05) is 38.6 Å². The first-order valence-corrected chi connectivity index (χ1v) is 10.6. The van der Waals surface area contributed by atoms with Gasteiger partial charge in [-0.15, -0.1) is 0 Å². The van der Waals surface area contributed by atoms with Crippen LogP contribution in [0.5, 0.6) is 5.75 Å². The Bertz CT molecular complexity index is 1040. The Balaban J connectivity index is 1.51. The maximum Gasteiger partial charge on any atom is 0.258 e. The number of aromatic nitrogens is 2. The van der Waals surface area contributed by atoms with Gasteiger partial charge in [-0.3, -0.25) is 0 Å². The molecule has 1 aliphatic heterocycles. The molecule has 1 aromatic heterocycles. The number of nitrogens with zero attached hydrogens (tertiary/aromatic N) is 3. The van der Waals surface area contributed by atoms with Crippen LogP contribution < -0.4 is 10.5 Å². The number of anilines is 1. The highest BCUT2D eigenvalue weighted by molar-refractivity contribution is 5.67. The molecule has 1 aliphatic rings. The average molecular weight is 425 g/mol. The molecular formula is C23H28N4O4. The van der Waals surface area contributed by atoms with E-state index in [4.69, 9.17) is 20.1 Å². The highest BCUT2D eigenvalue weighted by Gasteiger charge is 2.18. The summed E-state index contributed by atoms with van der Waals surface area (Å²) >= 11 is 0. The third-order valence-corrected chi connectivity index (χ3v) is 5.52. The molecule has 0 bridgehead atoms. The van der Waals surface area contributed by atoms with E-state index in [0.29, 0.717) is 36.3 Å². The molecule has 2 heterocycles. The molecule has 4 N–H and O–H groups in total. The maximum atomic E-state index is 9.73. The first kappa shape index (κ1) is 21.3. The van der Waals surface area contributed by atoms with Gasteiger partial charge >= 0.3 is 0 Å². The Kier molecular flexibility index (Phi) is 6.50. The van der Waals surface area contributed by atoms with Crippen molar-refractivity contribution in [1.29, 1.82) is 0 Å². The minimum Gasteiger partial charge on any atom is -0.492 e. The van der Waals surface area contributed by atoms with Gasteiger partial charge in [-0.2, -0.15) is 4.98 Å². The molecule has 0 spiro atoms. The van der Waals surface area contributed by atoms with Crippen molar-refractivity contribution in [2.24, 2.45) is 0 Å². The van der Waals surface area contributed by atoms with E-state index in [1.165, 1.54) is 11.1 Å². The Hall–Kier alpha value is -2.94. The lowest BCUT2D eigenvalue weighted by molar-refractivity contribution is 0.0605. The van der Waals surface area contributed by atoms with Crippen LogP contribution in [0, 0.1) is 0 Å². The molecule has 0 radical (unpaired) electrons. The van der Waals surface area contributed by atoms with Gasteiger partial charge in [0.05, 0.1) is 25.0 Å². The SMILES string of the molecule is CCOc1ccc(-c2nc(-c3ccc4c(c3)CCN(CC(O)CO)CC4)no2)cc1N. The highest BCUT2D eigenvalue weighted by Crippen LogP contribution is 2.30. The summed E-state index contributed by atoms with van der Waals surface area (Å²) in [5.74, 6) is 1.57. The van der Waals surface area contributed by atoms with Gasteiger partial charge in [0, 0.05) is 30.8 Å². The number of fused-ring (bicyclic) bond motifs is 1. The van der Waals surface area contributed by atoms with Crippen LogP contribution in [0.3, 0.4) is 0 Å². The van der Waals surface area contributed by atoms with Crippen LogP contribution in [-0.2, 0) is 12.8 Å². The molecule has 1 unspecified atom stereocenters. The standard InChI is InChI=1S/C23H28N4O4/c1-2-30-21-6-5-18(12-20(21)24)23-25-22(26-31-23)17-4-3-15-7-9-27(13-19(29)14-28)10-8-16(15)11-17/h3-6,11-12,19,28-29H,2,7-10,13-14,24H2,1H3. The van der Waals surface area contributed by atoms with E-state index in [2.05, 4.69) is 27.2 Å². The van der Waals surface area contributed by atoms with Crippen molar-refractivity contribution >= 4 is 5.69 Å². The number of hydrogen-bond donors (Lipinski definition) is 3. The van der Waals surface area contributed by atoms with Crippen molar-refractivity contribution in [1.82, 2.24) is 15.0 Å². The van der Waals surface area contributed by atoms with Gasteiger partial charge in [0.15, 0.2) is 0 Å². The average Bonchev–Trinajstić information content (AvgIpc) is 3.19. The normalized spacial score (nSPS) is 15.3. The molecule has 8 nitrogen and oxygen atoms in total. The molecule has 3 aromatic rings. The Morgan fingerprint density at radius 1 is 1.13 bits per heavy atom. The van der Waals surface area contributed by atoms with Gasteiger partial charge in [0.25, 0.3) is 5.89 Å². The van der Waals surface area contributed by atoms with Gasteiger partial charge in [-0.25, -0.2) is 0 Å². The highest BCUT2D eigenvalue weighted by atomic mass is 16.5. The Labute approximate surface area is 181 Å². The lowest BCUT2D eigenvalue weighted by Crippen LogP contribution is -2.35. The van der Waals surface area contributed by atoms with E-state index in [9.17, 15) is 5.11 Å². The zero-order chi connectivity index (χ0) is 21.8. The molecule has 0 fully saturated rings. The van der Waals surface area contributed by atoms with Crippen LogP contribution in [0.4, 0.5) is 5.69 Å². The minimum absolute atomic E-state index is 0.215. The third-order valence-electron chi connectivity index (χ3n) is 5.52. The summed E-state index contributed by atoms with van der Waals surface area (Å²) in [6.07, 6.45) is 1.06. The molecule has 8 heteroatoms. The molecule has 0 amide bonds. The first-order chi connectivity index (χ1) is 15.1. The molecule has 0 saturated carbocycles. The van der Waals surface area contributed by atoms with Gasteiger partial charge in [0.2, 0.25) is 5.82 Å². The summed E-state index contributed by atoms with van der Waals surface area (Å²) in [7, 11) is 0.